The van der Waals surface area contributed by atoms with Crippen molar-refractivity contribution in [3.63, 3.8) is 0 Å². The number of hydrogen-bond acceptors (Lipinski definition) is 4. The topological polar surface area (TPSA) is 48.4 Å². The Morgan fingerprint density at radius 1 is 1.04 bits per heavy atom. The Kier molecular flexibility index (Phi) is 4.23. The van der Waals surface area contributed by atoms with E-state index in [1.165, 1.54) is 0 Å². The van der Waals surface area contributed by atoms with E-state index >= 15 is 0 Å². The molecule has 4 heteroatoms. The Hall–Kier alpha value is -3.40. The van der Waals surface area contributed by atoms with Crippen LogP contribution in [0.15, 0.2) is 78.6 Å². The molecule has 4 nitrogen and oxygen atoms in total. The largest absolute Gasteiger partial charge is 0.497 e. The Bertz CT molecular complexity index is 965. The molecular formula is C22H17NO3. The molecule has 0 amide bonds. The number of rotatable bonds is 3. The number of pyridine rings is 1. The van der Waals surface area contributed by atoms with E-state index in [1.807, 2.05) is 48.5 Å². The van der Waals surface area contributed by atoms with Crippen LogP contribution in [0.2, 0.25) is 0 Å². The number of aromatic nitrogens is 1. The standard InChI is InChI=1S/C22H17NO3/c1-25-17-7-8-18-20(14-17)26-22(16-5-3-2-4-6-16)19(21(18)24)13-15-9-11-23-12-10-15/h2-14,22H,1H3/b19-13+. The second-order valence-corrected chi connectivity index (χ2v) is 5.98. The van der Waals surface area contributed by atoms with Crippen LogP contribution < -0.4 is 9.47 Å². The first-order valence-electron chi connectivity index (χ1n) is 8.32. The third kappa shape index (κ3) is 2.97. The van der Waals surface area contributed by atoms with Crippen molar-refractivity contribution in [1.29, 1.82) is 0 Å². The fourth-order valence-electron chi connectivity index (χ4n) is 3.04. The van der Waals surface area contributed by atoms with E-state index in [4.69, 9.17) is 9.47 Å². The molecule has 0 fully saturated rings. The molecule has 2 heterocycles. The lowest BCUT2D eigenvalue weighted by atomic mass is 9.89. The number of methoxy groups -OCH3 is 1. The van der Waals surface area contributed by atoms with Crippen LogP contribution in [0.4, 0.5) is 0 Å². The summed E-state index contributed by atoms with van der Waals surface area (Å²) in [6.07, 6.45) is 4.80. The lowest BCUT2D eigenvalue weighted by Crippen LogP contribution is -2.23. The van der Waals surface area contributed by atoms with Gasteiger partial charge in [0.15, 0.2) is 11.9 Å². The van der Waals surface area contributed by atoms with Gasteiger partial charge in [0.2, 0.25) is 0 Å². The van der Waals surface area contributed by atoms with Gasteiger partial charge in [-0.1, -0.05) is 30.3 Å². The van der Waals surface area contributed by atoms with Crippen LogP contribution in [0, 0.1) is 0 Å². The van der Waals surface area contributed by atoms with Crippen LogP contribution >= 0.6 is 0 Å². The SMILES string of the molecule is COc1ccc2c(c1)OC(c1ccccc1)/C(=C/c1ccncc1)C2=O. The Morgan fingerprint density at radius 2 is 1.81 bits per heavy atom. The number of carbonyl (C=O) groups excluding carboxylic acids is 1. The van der Waals surface area contributed by atoms with Crippen molar-refractivity contribution in [2.45, 2.75) is 6.10 Å². The summed E-state index contributed by atoms with van der Waals surface area (Å²) in [5.74, 6) is 1.15. The summed E-state index contributed by atoms with van der Waals surface area (Å²) in [4.78, 5) is 17.2. The highest BCUT2D eigenvalue weighted by atomic mass is 16.5. The third-order valence-electron chi connectivity index (χ3n) is 4.35. The normalized spacial score (nSPS) is 17.5. The fourth-order valence-corrected chi connectivity index (χ4v) is 3.04. The number of ketones is 1. The zero-order chi connectivity index (χ0) is 17.9. The van der Waals surface area contributed by atoms with Crippen molar-refractivity contribution in [3.05, 3.63) is 95.3 Å². The van der Waals surface area contributed by atoms with Gasteiger partial charge in [0.25, 0.3) is 0 Å². The number of Topliss-reactive ketones (excluding diaryl/α,β-unsaturated/α-hetero) is 1. The maximum atomic E-state index is 13.2. The molecule has 26 heavy (non-hydrogen) atoms. The van der Waals surface area contributed by atoms with Crippen LogP contribution in [-0.2, 0) is 0 Å². The number of hydrogen-bond donors (Lipinski definition) is 0. The molecule has 0 saturated heterocycles. The number of ether oxygens (including phenoxy) is 2. The van der Waals surface area contributed by atoms with Crippen LogP contribution in [0.25, 0.3) is 6.08 Å². The molecule has 1 atom stereocenters. The zero-order valence-corrected chi connectivity index (χ0v) is 14.3. The van der Waals surface area contributed by atoms with Crippen molar-refractivity contribution in [3.8, 4) is 11.5 Å². The van der Waals surface area contributed by atoms with E-state index in [1.54, 1.807) is 37.7 Å². The minimum atomic E-state index is -0.475. The predicted octanol–water partition coefficient (Wildman–Crippen LogP) is 4.49. The smallest absolute Gasteiger partial charge is 0.196 e. The summed E-state index contributed by atoms with van der Waals surface area (Å²) in [5, 5.41) is 0. The maximum absolute atomic E-state index is 13.2. The highest BCUT2D eigenvalue weighted by Gasteiger charge is 2.33. The van der Waals surface area contributed by atoms with E-state index in [0.717, 1.165) is 11.1 Å². The van der Waals surface area contributed by atoms with E-state index in [0.29, 0.717) is 22.6 Å². The molecule has 1 unspecified atom stereocenters. The molecule has 0 spiro atoms. The first-order chi connectivity index (χ1) is 12.8. The number of carbonyl (C=O) groups is 1. The van der Waals surface area contributed by atoms with Gasteiger partial charge in [-0.3, -0.25) is 9.78 Å². The van der Waals surface area contributed by atoms with Crippen LogP contribution in [-0.4, -0.2) is 17.9 Å². The van der Waals surface area contributed by atoms with Gasteiger partial charge in [0, 0.05) is 24.0 Å². The van der Waals surface area contributed by atoms with Gasteiger partial charge >= 0.3 is 0 Å². The number of benzene rings is 2. The lowest BCUT2D eigenvalue weighted by molar-refractivity contribution is 0.0963. The highest BCUT2D eigenvalue weighted by Crippen LogP contribution is 2.40. The van der Waals surface area contributed by atoms with Crippen molar-refractivity contribution in [1.82, 2.24) is 4.98 Å². The number of fused-ring (bicyclic) bond motifs is 1. The molecule has 0 radical (unpaired) electrons. The van der Waals surface area contributed by atoms with E-state index in [2.05, 4.69) is 4.98 Å². The first kappa shape index (κ1) is 16.1. The Labute approximate surface area is 151 Å². The number of nitrogens with zero attached hydrogens (tertiary/aromatic N) is 1. The van der Waals surface area contributed by atoms with E-state index in [-0.39, 0.29) is 5.78 Å². The molecule has 2 aromatic carbocycles. The average molecular weight is 343 g/mol. The minimum Gasteiger partial charge on any atom is -0.497 e. The molecule has 0 N–H and O–H groups in total. The highest BCUT2D eigenvalue weighted by molar-refractivity contribution is 6.14. The quantitative estimate of drug-likeness (QED) is 0.658. The van der Waals surface area contributed by atoms with E-state index in [9.17, 15) is 4.79 Å². The van der Waals surface area contributed by atoms with Gasteiger partial charge in [-0.05, 0) is 41.5 Å². The summed E-state index contributed by atoms with van der Waals surface area (Å²) in [6.45, 7) is 0. The van der Waals surface area contributed by atoms with Gasteiger partial charge in [-0.15, -0.1) is 0 Å². The van der Waals surface area contributed by atoms with Gasteiger partial charge in [-0.25, -0.2) is 0 Å². The Balaban J connectivity index is 1.86. The first-order valence-corrected chi connectivity index (χ1v) is 8.32. The van der Waals surface area contributed by atoms with Crippen molar-refractivity contribution >= 4 is 11.9 Å². The van der Waals surface area contributed by atoms with Gasteiger partial charge in [0.05, 0.1) is 12.7 Å². The van der Waals surface area contributed by atoms with Crippen molar-refractivity contribution < 1.29 is 14.3 Å². The third-order valence-corrected chi connectivity index (χ3v) is 4.35. The fraction of sp³-hybridized carbons (Fsp3) is 0.0909. The maximum Gasteiger partial charge on any atom is 0.196 e. The average Bonchev–Trinajstić information content (AvgIpc) is 2.71. The summed E-state index contributed by atoms with van der Waals surface area (Å²) >= 11 is 0. The van der Waals surface area contributed by atoms with Crippen LogP contribution in [0.5, 0.6) is 11.5 Å². The lowest BCUT2D eigenvalue weighted by Gasteiger charge is -2.28. The summed E-state index contributed by atoms with van der Waals surface area (Å²) < 4.78 is 11.5. The molecule has 1 aromatic heterocycles. The van der Waals surface area contributed by atoms with Crippen molar-refractivity contribution in [2.24, 2.45) is 0 Å². The van der Waals surface area contributed by atoms with Gasteiger partial charge in [0.1, 0.15) is 11.5 Å². The summed E-state index contributed by atoms with van der Waals surface area (Å²) in [5.41, 5.74) is 2.97. The molecule has 128 valence electrons. The summed E-state index contributed by atoms with van der Waals surface area (Å²) in [7, 11) is 1.59. The Morgan fingerprint density at radius 3 is 2.54 bits per heavy atom. The van der Waals surface area contributed by atoms with Crippen LogP contribution in [0.3, 0.4) is 0 Å². The molecule has 1 aliphatic rings. The second-order valence-electron chi connectivity index (χ2n) is 5.98. The molecule has 0 saturated carbocycles. The zero-order valence-electron chi connectivity index (χ0n) is 14.3. The molecular weight excluding hydrogens is 326 g/mol. The predicted molar refractivity (Wildman–Crippen MR) is 99.3 cm³/mol. The molecule has 0 aliphatic carbocycles. The van der Waals surface area contributed by atoms with Gasteiger partial charge in [-0.2, -0.15) is 0 Å². The molecule has 0 bridgehead atoms. The van der Waals surface area contributed by atoms with Crippen LogP contribution in [0.1, 0.15) is 27.6 Å². The van der Waals surface area contributed by atoms with Gasteiger partial charge < -0.3 is 9.47 Å². The molecule has 3 aromatic rings. The molecule has 4 rings (SSSR count). The monoisotopic (exact) mass is 343 g/mol. The minimum absolute atomic E-state index is 0.0421. The summed E-state index contributed by atoms with van der Waals surface area (Å²) in [6, 6.07) is 18.8. The van der Waals surface area contributed by atoms with Crippen molar-refractivity contribution in [2.75, 3.05) is 7.11 Å². The second kappa shape index (κ2) is 6.84. The van der Waals surface area contributed by atoms with E-state index < -0.39 is 6.10 Å². The molecule has 1 aliphatic heterocycles.